The first-order chi connectivity index (χ1) is 7.68. The fourth-order valence-electron chi connectivity index (χ4n) is 1.82. The predicted octanol–water partition coefficient (Wildman–Crippen LogP) is 2.18. The van der Waals surface area contributed by atoms with Crippen LogP contribution in [0.5, 0.6) is 0 Å². The van der Waals surface area contributed by atoms with Crippen LogP contribution in [0.15, 0.2) is 24.3 Å². The molecular formula is C12H13FO2S. The Hall–Kier alpha value is -0.870. The topological polar surface area (TPSA) is 37.3 Å². The van der Waals surface area contributed by atoms with Gasteiger partial charge in [-0.3, -0.25) is 4.79 Å². The van der Waals surface area contributed by atoms with Crippen molar-refractivity contribution in [3.05, 3.63) is 35.6 Å². The average molecular weight is 240 g/mol. The van der Waals surface area contributed by atoms with Crippen molar-refractivity contribution in [3.8, 4) is 0 Å². The van der Waals surface area contributed by atoms with Crippen molar-refractivity contribution in [1.29, 1.82) is 0 Å². The van der Waals surface area contributed by atoms with Crippen LogP contribution in [-0.2, 0) is 4.79 Å². The van der Waals surface area contributed by atoms with E-state index in [4.69, 9.17) is 0 Å². The van der Waals surface area contributed by atoms with E-state index in [-0.39, 0.29) is 17.5 Å². The Morgan fingerprint density at radius 2 is 2.06 bits per heavy atom. The Balaban J connectivity index is 2.14. The molecule has 1 aromatic rings. The lowest BCUT2D eigenvalue weighted by atomic mass is 9.92. The zero-order valence-electron chi connectivity index (χ0n) is 8.73. The SMILES string of the molecule is O=C1CCSC[C@@H]1[C@@H](O)c1ccc(F)cc1. The van der Waals surface area contributed by atoms with Gasteiger partial charge in [-0.15, -0.1) is 0 Å². The van der Waals surface area contributed by atoms with Gasteiger partial charge in [0.15, 0.2) is 0 Å². The molecule has 2 nitrogen and oxygen atoms in total. The highest BCUT2D eigenvalue weighted by Gasteiger charge is 2.30. The molecule has 2 rings (SSSR count). The van der Waals surface area contributed by atoms with Gasteiger partial charge >= 0.3 is 0 Å². The van der Waals surface area contributed by atoms with Crippen LogP contribution in [0.1, 0.15) is 18.1 Å². The summed E-state index contributed by atoms with van der Waals surface area (Å²) in [6.45, 7) is 0. The summed E-state index contributed by atoms with van der Waals surface area (Å²) < 4.78 is 12.7. The fraction of sp³-hybridized carbons (Fsp3) is 0.417. The number of aliphatic hydroxyl groups is 1. The molecule has 1 heterocycles. The van der Waals surface area contributed by atoms with Gasteiger partial charge in [0.25, 0.3) is 0 Å². The molecule has 2 atom stereocenters. The number of ketones is 1. The summed E-state index contributed by atoms with van der Waals surface area (Å²) in [5.41, 5.74) is 0.613. The quantitative estimate of drug-likeness (QED) is 0.861. The molecule has 0 aliphatic carbocycles. The van der Waals surface area contributed by atoms with Crippen molar-refractivity contribution in [2.45, 2.75) is 12.5 Å². The van der Waals surface area contributed by atoms with Gasteiger partial charge in [-0.05, 0) is 17.7 Å². The molecule has 16 heavy (non-hydrogen) atoms. The maximum absolute atomic E-state index is 12.7. The van der Waals surface area contributed by atoms with Gasteiger partial charge in [0.1, 0.15) is 11.6 Å². The molecule has 1 aromatic carbocycles. The number of benzene rings is 1. The van der Waals surface area contributed by atoms with Crippen LogP contribution in [0.2, 0.25) is 0 Å². The zero-order valence-corrected chi connectivity index (χ0v) is 9.54. The van der Waals surface area contributed by atoms with E-state index in [1.165, 1.54) is 24.3 Å². The molecule has 86 valence electrons. The van der Waals surface area contributed by atoms with E-state index >= 15 is 0 Å². The Bertz CT molecular complexity index is 377. The van der Waals surface area contributed by atoms with Gasteiger partial charge in [-0.25, -0.2) is 4.39 Å². The lowest BCUT2D eigenvalue weighted by molar-refractivity contribution is -0.125. The highest BCUT2D eigenvalue weighted by Crippen LogP contribution is 2.30. The third-order valence-electron chi connectivity index (χ3n) is 2.80. The first kappa shape index (κ1) is 11.6. The van der Waals surface area contributed by atoms with Gasteiger partial charge in [0.05, 0.1) is 12.0 Å². The molecule has 0 unspecified atom stereocenters. The Morgan fingerprint density at radius 3 is 2.69 bits per heavy atom. The molecule has 1 aliphatic heterocycles. The Kier molecular flexibility index (Phi) is 3.61. The number of hydrogen-bond donors (Lipinski definition) is 1. The first-order valence-corrected chi connectivity index (χ1v) is 6.38. The summed E-state index contributed by atoms with van der Waals surface area (Å²) in [5, 5.41) is 10.0. The average Bonchev–Trinajstić information content (AvgIpc) is 2.30. The van der Waals surface area contributed by atoms with Crippen LogP contribution in [0.25, 0.3) is 0 Å². The monoisotopic (exact) mass is 240 g/mol. The minimum atomic E-state index is -0.805. The van der Waals surface area contributed by atoms with E-state index in [0.29, 0.717) is 17.7 Å². The van der Waals surface area contributed by atoms with Gasteiger partial charge < -0.3 is 5.11 Å². The van der Waals surface area contributed by atoms with Crippen molar-refractivity contribution in [2.24, 2.45) is 5.92 Å². The van der Waals surface area contributed by atoms with Crippen LogP contribution in [-0.4, -0.2) is 22.4 Å². The lowest BCUT2D eigenvalue weighted by Gasteiger charge is -2.25. The van der Waals surface area contributed by atoms with Crippen LogP contribution < -0.4 is 0 Å². The van der Waals surface area contributed by atoms with E-state index in [0.717, 1.165) is 5.75 Å². The van der Waals surface area contributed by atoms with E-state index in [9.17, 15) is 14.3 Å². The zero-order chi connectivity index (χ0) is 11.5. The van der Waals surface area contributed by atoms with E-state index < -0.39 is 6.10 Å². The molecule has 1 aliphatic rings. The second-order valence-electron chi connectivity index (χ2n) is 3.89. The number of carbonyl (C=O) groups is 1. The molecule has 0 radical (unpaired) electrons. The summed E-state index contributed by atoms with van der Waals surface area (Å²) in [6.07, 6.45) is -0.283. The van der Waals surface area contributed by atoms with E-state index in [1.807, 2.05) is 0 Å². The lowest BCUT2D eigenvalue weighted by Crippen LogP contribution is -2.28. The molecule has 1 N–H and O–H groups in total. The van der Waals surface area contributed by atoms with Gasteiger partial charge in [-0.1, -0.05) is 12.1 Å². The highest BCUT2D eigenvalue weighted by molar-refractivity contribution is 7.99. The second-order valence-corrected chi connectivity index (χ2v) is 5.04. The molecule has 0 spiro atoms. The first-order valence-electron chi connectivity index (χ1n) is 5.22. The number of rotatable bonds is 2. The molecule has 1 fully saturated rings. The third kappa shape index (κ3) is 2.44. The molecule has 0 bridgehead atoms. The molecule has 0 amide bonds. The highest BCUT2D eigenvalue weighted by atomic mass is 32.2. The summed E-state index contributed by atoms with van der Waals surface area (Å²) >= 11 is 1.68. The van der Waals surface area contributed by atoms with E-state index in [2.05, 4.69) is 0 Å². The standard InChI is InChI=1S/C12H13FO2S/c13-9-3-1-8(2-4-9)12(15)10-7-16-6-5-11(10)14/h1-4,10,12,15H,5-7H2/t10-,12-/m0/s1. The van der Waals surface area contributed by atoms with Crippen molar-refractivity contribution in [3.63, 3.8) is 0 Å². The van der Waals surface area contributed by atoms with Crippen molar-refractivity contribution < 1.29 is 14.3 Å². The minimum absolute atomic E-state index is 0.107. The Labute approximate surface area is 97.9 Å². The largest absolute Gasteiger partial charge is 0.388 e. The van der Waals surface area contributed by atoms with Gasteiger partial charge in [0.2, 0.25) is 0 Å². The van der Waals surface area contributed by atoms with Crippen LogP contribution in [0.3, 0.4) is 0 Å². The van der Waals surface area contributed by atoms with Gasteiger partial charge in [-0.2, -0.15) is 11.8 Å². The van der Waals surface area contributed by atoms with Crippen LogP contribution in [0, 0.1) is 11.7 Å². The molecule has 0 saturated carbocycles. The van der Waals surface area contributed by atoms with E-state index in [1.54, 1.807) is 11.8 Å². The molecular weight excluding hydrogens is 227 g/mol. The number of carbonyl (C=O) groups excluding carboxylic acids is 1. The predicted molar refractivity (Wildman–Crippen MR) is 61.8 cm³/mol. The fourth-order valence-corrected chi connectivity index (χ4v) is 2.96. The molecule has 4 heteroatoms. The minimum Gasteiger partial charge on any atom is -0.388 e. The number of Topliss-reactive ketones (excluding diaryl/α,β-unsaturated/α-hetero) is 1. The third-order valence-corrected chi connectivity index (χ3v) is 3.88. The van der Waals surface area contributed by atoms with Crippen molar-refractivity contribution in [2.75, 3.05) is 11.5 Å². The molecule has 0 aromatic heterocycles. The van der Waals surface area contributed by atoms with Crippen molar-refractivity contribution >= 4 is 17.5 Å². The smallest absolute Gasteiger partial charge is 0.140 e. The second kappa shape index (κ2) is 4.97. The van der Waals surface area contributed by atoms with Gasteiger partial charge in [0, 0.05) is 17.9 Å². The maximum Gasteiger partial charge on any atom is 0.140 e. The number of hydrogen-bond acceptors (Lipinski definition) is 3. The Morgan fingerprint density at radius 1 is 1.38 bits per heavy atom. The number of halogens is 1. The molecule has 1 saturated heterocycles. The van der Waals surface area contributed by atoms with Crippen molar-refractivity contribution in [1.82, 2.24) is 0 Å². The number of thioether (sulfide) groups is 1. The summed E-state index contributed by atoms with van der Waals surface area (Å²) in [4.78, 5) is 11.6. The maximum atomic E-state index is 12.7. The summed E-state index contributed by atoms with van der Waals surface area (Å²) in [5.74, 6) is 0.920. The van der Waals surface area contributed by atoms with Crippen LogP contribution in [0.4, 0.5) is 4.39 Å². The van der Waals surface area contributed by atoms with Crippen LogP contribution >= 0.6 is 11.8 Å². The normalized spacial score (nSPS) is 23.1. The number of aliphatic hydroxyl groups excluding tert-OH is 1. The summed E-state index contributed by atoms with van der Waals surface area (Å²) in [7, 11) is 0. The summed E-state index contributed by atoms with van der Waals surface area (Å²) in [6, 6.07) is 5.68.